The van der Waals surface area contributed by atoms with Gasteiger partial charge in [0.1, 0.15) is 0 Å². The topological polar surface area (TPSA) is 108 Å². The number of nitrogens with one attached hydrogen (secondary N) is 1. The van der Waals surface area contributed by atoms with Crippen molar-refractivity contribution in [3.05, 3.63) is 59.4 Å². The highest BCUT2D eigenvalue weighted by molar-refractivity contribution is 6.21. The van der Waals surface area contributed by atoms with Crippen molar-refractivity contribution < 1.29 is 19.5 Å². The maximum absolute atomic E-state index is 12.9. The molecule has 32 heavy (non-hydrogen) atoms. The van der Waals surface area contributed by atoms with Gasteiger partial charge in [0.15, 0.2) is 0 Å². The molecule has 0 spiro atoms. The van der Waals surface area contributed by atoms with Crippen LogP contribution < -0.4 is 10.2 Å². The molecule has 3 amide bonds. The van der Waals surface area contributed by atoms with E-state index >= 15 is 0 Å². The maximum atomic E-state index is 12.9. The molecule has 0 radical (unpaired) electrons. The lowest BCUT2D eigenvalue weighted by atomic mass is 10.1. The third kappa shape index (κ3) is 3.08. The zero-order valence-electron chi connectivity index (χ0n) is 17.8. The minimum absolute atomic E-state index is 0.255. The number of pyridine rings is 1. The Labute approximate surface area is 184 Å². The number of hydrogen-bond donors (Lipinski definition) is 2. The third-order valence-electron chi connectivity index (χ3n) is 6.32. The van der Waals surface area contributed by atoms with Crippen LogP contribution in [0.3, 0.4) is 0 Å². The van der Waals surface area contributed by atoms with Gasteiger partial charge in [-0.15, -0.1) is 0 Å². The predicted octanol–water partition coefficient (Wildman–Crippen LogP) is 2.78. The minimum atomic E-state index is -1.12. The summed E-state index contributed by atoms with van der Waals surface area (Å²) >= 11 is 0. The number of amides is 3. The van der Waals surface area contributed by atoms with E-state index in [0.29, 0.717) is 36.3 Å². The maximum Gasteiger partial charge on any atom is 0.405 e. The second kappa shape index (κ2) is 7.37. The summed E-state index contributed by atoms with van der Waals surface area (Å²) in [6.45, 7) is 2.85. The highest BCUT2D eigenvalue weighted by Gasteiger charge is 2.42. The zero-order valence-corrected chi connectivity index (χ0v) is 17.8. The van der Waals surface area contributed by atoms with E-state index in [-0.39, 0.29) is 17.9 Å². The molecular weight excluding hydrogens is 410 g/mol. The fourth-order valence-corrected chi connectivity index (χ4v) is 4.73. The summed E-state index contributed by atoms with van der Waals surface area (Å²) in [5.41, 5.74) is 4.02. The lowest BCUT2D eigenvalue weighted by molar-refractivity contribution is 0.0598. The monoisotopic (exact) mass is 433 g/mol. The summed E-state index contributed by atoms with van der Waals surface area (Å²) in [5, 5.41) is 11.7. The molecule has 0 saturated carbocycles. The number of carbonyl (C=O) groups excluding carboxylic acids is 2. The molecule has 2 N–H and O–H groups in total. The van der Waals surface area contributed by atoms with Crippen molar-refractivity contribution in [3.8, 4) is 0 Å². The van der Waals surface area contributed by atoms with Crippen LogP contribution in [-0.4, -0.2) is 56.6 Å². The van der Waals surface area contributed by atoms with Gasteiger partial charge in [-0.05, 0) is 37.6 Å². The Kier molecular flexibility index (Phi) is 4.61. The highest BCUT2D eigenvalue weighted by atomic mass is 16.4. The molecule has 1 saturated heterocycles. The second-order valence-electron chi connectivity index (χ2n) is 8.31. The van der Waals surface area contributed by atoms with E-state index in [1.54, 1.807) is 31.2 Å². The number of imide groups is 1. The number of anilines is 1. The minimum Gasteiger partial charge on any atom is -0.465 e. The largest absolute Gasteiger partial charge is 0.465 e. The molecule has 3 aromatic rings. The van der Waals surface area contributed by atoms with Crippen LogP contribution in [0.25, 0.3) is 11.0 Å². The van der Waals surface area contributed by atoms with Gasteiger partial charge in [-0.1, -0.05) is 12.1 Å². The molecule has 1 aromatic carbocycles. The van der Waals surface area contributed by atoms with Crippen LogP contribution in [-0.2, 0) is 7.05 Å². The molecule has 4 heterocycles. The third-order valence-corrected chi connectivity index (χ3v) is 6.32. The summed E-state index contributed by atoms with van der Waals surface area (Å²) in [4.78, 5) is 45.3. The van der Waals surface area contributed by atoms with E-state index in [1.807, 2.05) is 29.9 Å². The van der Waals surface area contributed by atoms with Gasteiger partial charge in [0, 0.05) is 26.3 Å². The molecule has 2 atom stereocenters. The van der Waals surface area contributed by atoms with Crippen molar-refractivity contribution in [1.82, 2.24) is 19.8 Å². The first-order valence-corrected chi connectivity index (χ1v) is 10.5. The predicted molar refractivity (Wildman–Crippen MR) is 118 cm³/mol. The van der Waals surface area contributed by atoms with Crippen LogP contribution in [0.5, 0.6) is 0 Å². The van der Waals surface area contributed by atoms with Crippen molar-refractivity contribution in [2.75, 3.05) is 18.0 Å². The number of rotatable bonds is 4. The highest BCUT2D eigenvalue weighted by Crippen LogP contribution is 2.34. The Morgan fingerprint density at radius 3 is 2.53 bits per heavy atom. The van der Waals surface area contributed by atoms with E-state index in [0.717, 1.165) is 16.7 Å². The SMILES string of the molecule is C[C@H](NC(=O)O)c1nc2ccn(C)c2cc1N1CCC(N2C(=O)c3ccccc3C2=O)C1. The Bertz CT molecular complexity index is 1230. The number of carboxylic acid groups (broad SMARTS) is 1. The summed E-state index contributed by atoms with van der Waals surface area (Å²) < 4.78 is 1.96. The van der Waals surface area contributed by atoms with Crippen molar-refractivity contribution in [1.29, 1.82) is 0 Å². The van der Waals surface area contributed by atoms with E-state index in [1.165, 1.54) is 4.90 Å². The Balaban J connectivity index is 1.48. The Hall–Kier alpha value is -3.88. The number of fused-ring (bicyclic) bond motifs is 2. The van der Waals surface area contributed by atoms with Gasteiger partial charge in [-0.3, -0.25) is 14.5 Å². The zero-order chi connectivity index (χ0) is 22.6. The number of aromatic nitrogens is 2. The molecule has 1 unspecified atom stereocenters. The average Bonchev–Trinajstić information content (AvgIpc) is 3.45. The molecular formula is C23H23N5O4. The molecule has 2 aromatic heterocycles. The summed E-state index contributed by atoms with van der Waals surface area (Å²) in [5.74, 6) is -0.510. The number of nitrogens with zero attached hydrogens (tertiary/aromatic N) is 4. The normalized spacial score (nSPS) is 19.0. The van der Waals surface area contributed by atoms with E-state index in [2.05, 4.69) is 10.2 Å². The van der Waals surface area contributed by atoms with Gasteiger partial charge in [0.2, 0.25) is 0 Å². The van der Waals surface area contributed by atoms with Crippen LogP contribution in [0.4, 0.5) is 10.5 Å². The Morgan fingerprint density at radius 1 is 1.19 bits per heavy atom. The lowest BCUT2D eigenvalue weighted by Gasteiger charge is -2.26. The molecule has 164 valence electrons. The first-order chi connectivity index (χ1) is 15.3. The number of benzene rings is 1. The Morgan fingerprint density at radius 2 is 1.88 bits per heavy atom. The number of carbonyl (C=O) groups is 3. The number of hydrogen-bond acceptors (Lipinski definition) is 5. The quantitative estimate of drug-likeness (QED) is 0.613. The van der Waals surface area contributed by atoms with Crippen molar-refractivity contribution in [2.24, 2.45) is 7.05 Å². The fraction of sp³-hybridized carbons (Fsp3) is 0.304. The van der Waals surface area contributed by atoms with Gasteiger partial charge < -0.3 is 19.9 Å². The van der Waals surface area contributed by atoms with E-state index in [9.17, 15) is 19.5 Å². The molecule has 0 bridgehead atoms. The van der Waals surface area contributed by atoms with Gasteiger partial charge >= 0.3 is 6.09 Å². The van der Waals surface area contributed by atoms with Crippen molar-refractivity contribution in [3.63, 3.8) is 0 Å². The number of aryl methyl sites for hydroxylation is 1. The van der Waals surface area contributed by atoms with Crippen LogP contribution in [0.2, 0.25) is 0 Å². The summed E-state index contributed by atoms with van der Waals surface area (Å²) in [7, 11) is 1.93. The molecule has 5 rings (SSSR count). The van der Waals surface area contributed by atoms with Crippen molar-refractivity contribution >= 4 is 34.6 Å². The molecule has 1 fully saturated rings. The standard InChI is InChI=1S/C23H23N5O4/c1-13(24-23(31)32)20-19(11-18-17(25-20)8-9-26(18)2)27-10-7-14(12-27)28-21(29)15-5-3-4-6-16(15)22(28)30/h3-6,8-9,11,13-14,24H,7,10,12H2,1-2H3,(H,31,32)/t13-,14?/m0/s1. The first kappa shape index (κ1) is 20.0. The molecule has 2 aliphatic heterocycles. The van der Waals surface area contributed by atoms with Gasteiger partial charge in [0.25, 0.3) is 11.8 Å². The summed E-state index contributed by atoms with van der Waals surface area (Å²) in [6, 6.07) is 10.0. The molecule has 9 nitrogen and oxygen atoms in total. The van der Waals surface area contributed by atoms with E-state index < -0.39 is 12.1 Å². The lowest BCUT2D eigenvalue weighted by Crippen LogP contribution is -2.41. The van der Waals surface area contributed by atoms with Crippen molar-refractivity contribution in [2.45, 2.75) is 25.4 Å². The summed E-state index contributed by atoms with van der Waals surface area (Å²) in [6.07, 6.45) is 1.42. The molecule has 2 aliphatic rings. The van der Waals surface area contributed by atoms with Crippen LogP contribution in [0, 0.1) is 0 Å². The fourth-order valence-electron chi connectivity index (χ4n) is 4.73. The average molecular weight is 433 g/mol. The van der Waals surface area contributed by atoms with Crippen LogP contribution >= 0.6 is 0 Å². The molecule has 0 aliphatic carbocycles. The van der Waals surface area contributed by atoms with Gasteiger partial charge in [0.05, 0.1) is 45.6 Å². The van der Waals surface area contributed by atoms with Gasteiger partial charge in [-0.2, -0.15) is 0 Å². The van der Waals surface area contributed by atoms with Crippen LogP contribution in [0.15, 0.2) is 42.6 Å². The first-order valence-electron chi connectivity index (χ1n) is 10.5. The second-order valence-corrected chi connectivity index (χ2v) is 8.31. The molecule has 9 heteroatoms. The van der Waals surface area contributed by atoms with Crippen LogP contribution in [0.1, 0.15) is 45.8 Å². The van der Waals surface area contributed by atoms with Gasteiger partial charge in [-0.25, -0.2) is 9.78 Å². The van der Waals surface area contributed by atoms with E-state index in [4.69, 9.17) is 4.98 Å². The smallest absolute Gasteiger partial charge is 0.405 e.